The van der Waals surface area contributed by atoms with Crippen molar-refractivity contribution in [3.8, 4) is 0 Å². The summed E-state index contributed by atoms with van der Waals surface area (Å²) in [7, 11) is 1.62. The lowest BCUT2D eigenvalue weighted by molar-refractivity contribution is 0.101. The first-order chi connectivity index (χ1) is 12.5. The van der Waals surface area contributed by atoms with Gasteiger partial charge in [-0.05, 0) is 56.1 Å². The maximum atomic E-state index is 12.5. The zero-order valence-electron chi connectivity index (χ0n) is 13.7. The first-order valence-corrected chi connectivity index (χ1v) is 9.20. The highest BCUT2D eigenvalue weighted by molar-refractivity contribution is 9.11. The fourth-order valence-electron chi connectivity index (χ4n) is 2.29. The third-order valence-corrected chi connectivity index (χ3v) is 4.97. The molecular weight excluding hydrogens is 464 g/mol. The number of anilines is 2. The Bertz CT molecular complexity index is 985. The smallest absolute Gasteiger partial charge is 0.276 e. The van der Waals surface area contributed by atoms with E-state index < -0.39 is 5.91 Å². The van der Waals surface area contributed by atoms with Gasteiger partial charge < -0.3 is 10.6 Å². The molecule has 0 fully saturated rings. The van der Waals surface area contributed by atoms with Crippen LogP contribution in [0.15, 0.2) is 63.5 Å². The first-order valence-electron chi connectivity index (χ1n) is 7.61. The van der Waals surface area contributed by atoms with Crippen LogP contribution in [0.3, 0.4) is 0 Å². The quantitative estimate of drug-likeness (QED) is 0.582. The molecule has 0 unspecified atom stereocenters. The summed E-state index contributed by atoms with van der Waals surface area (Å²) in [5, 5.41) is 9.69. The molecule has 6 nitrogen and oxygen atoms in total. The van der Waals surface area contributed by atoms with E-state index in [1.807, 2.05) is 36.4 Å². The molecule has 2 N–H and O–H groups in total. The van der Waals surface area contributed by atoms with Crippen LogP contribution in [0.2, 0.25) is 0 Å². The minimum Gasteiger partial charge on any atom is -0.320 e. The van der Waals surface area contributed by atoms with Gasteiger partial charge in [-0.3, -0.25) is 14.3 Å². The molecule has 132 valence electrons. The number of rotatable bonds is 4. The number of nitrogens with zero attached hydrogens (tertiary/aromatic N) is 2. The molecule has 1 aromatic heterocycles. The van der Waals surface area contributed by atoms with Gasteiger partial charge in [0.25, 0.3) is 11.8 Å². The molecule has 0 saturated carbocycles. The van der Waals surface area contributed by atoms with E-state index in [0.29, 0.717) is 11.4 Å². The lowest BCUT2D eigenvalue weighted by Crippen LogP contribution is -2.16. The summed E-state index contributed by atoms with van der Waals surface area (Å²) >= 11 is 6.76. The highest BCUT2D eigenvalue weighted by Crippen LogP contribution is 2.23. The van der Waals surface area contributed by atoms with Crippen molar-refractivity contribution in [2.24, 2.45) is 7.05 Å². The number of carbonyl (C=O) groups is 2. The molecule has 0 radical (unpaired) electrons. The summed E-state index contributed by atoms with van der Waals surface area (Å²) in [4.78, 5) is 24.9. The molecule has 1 heterocycles. The summed E-state index contributed by atoms with van der Waals surface area (Å²) < 4.78 is 2.90. The van der Waals surface area contributed by atoms with Crippen molar-refractivity contribution in [2.75, 3.05) is 10.6 Å². The van der Waals surface area contributed by atoms with Crippen LogP contribution < -0.4 is 10.6 Å². The first kappa shape index (κ1) is 18.3. The fraction of sp³-hybridized carbons (Fsp3) is 0.0556. The number of hydrogen-bond acceptors (Lipinski definition) is 3. The number of halogens is 2. The summed E-state index contributed by atoms with van der Waals surface area (Å²) in [6, 6.07) is 16.0. The van der Waals surface area contributed by atoms with Crippen molar-refractivity contribution in [3.63, 3.8) is 0 Å². The zero-order chi connectivity index (χ0) is 18.7. The SMILES string of the molecule is Cn1nc(C(=O)Nc2ccccc2Br)cc1C(=O)Nc1ccccc1Br. The van der Waals surface area contributed by atoms with Crippen molar-refractivity contribution in [1.29, 1.82) is 0 Å². The zero-order valence-corrected chi connectivity index (χ0v) is 16.8. The lowest BCUT2D eigenvalue weighted by atomic mass is 10.2. The van der Waals surface area contributed by atoms with Crippen LogP contribution in [0.4, 0.5) is 11.4 Å². The van der Waals surface area contributed by atoms with Gasteiger partial charge in [0.05, 0.1) is 11.4 Å². The number of nitrogens with one attached hydrogen (secondary N) is 2. The Morgan fingerprint density at radius 2 is 1.38 bits per heavy atom. The second-order valence-electron chi connectivity index (χ2n) is 5.41. The molecule has 0 atom stereocenters. The van der Waals surface area contributed by atoms with Gasteiger partial charge >= 0.3 is 0 Å². The highest BCUT2D eigenvalue weighted by atomic mass is 79.9. The average molecular weight is 478 g/mol. The van der Waals surface area contributed by atoms with E-state index in [1.165, 1.54) is 10.7 Å². The van der Waals surface area contributed by atoms with Crippen LogP contribution in [0, 0.1) is 0 Å². The van der Waals surface area contributed by atoms with E-state index in [2.05, 4.69) is 47.6 Å². The van der Waals surface area contributed by atoms with Crippen molar-refractivity contribution < 1.29 is 9.59 Å². The third-order valence-electron chi connectivity index (χ3n) is 3.59. The minimum atomic E-state index is -0.396. The molecule has 0 bridgehead atoms. The van der Waals surface area contributed by atoms with Crippen LogP contribution in [-0.2, 0) is 7.05 Å². The van der Waals surface area contributed by atoms with E-state index in [-0.39, 0.29) is 17.3 Å². The van der Waals surface area contributed by atoms with Gasteiger partial charge in [-0.2, -0.15) is 5.10 Å². The van der Waals surface area contributed by atoms with Gasteiger partial charge in [0.15, 0.2) is 5.69 Å². The minimum absolute atomic E-state index is 0.153. The Morgan fingerprint density at radius 1 is 0.885 bits per heavy atom. The number of para-hydroxylation sites is 2. The summed E-state index contributed by atoms with van der Waals surface area (Å²) in [5.41, 5.74) is 1.69. The summed E-state index contributed by atoms with van der Waals surface area (Å²) in [5.74, 6) is -0.751. The third kappa shape index (κ3) is 4.03. The Labute approximate surface area is 166 Å². The average Bonchev–Trinajstić information content (AvgIpc) is 3.01. The van der Waals surface area contributed by atoms with Crippen LogP contribution in [-0.4, -0.2) is 21.6 Å². The van der Waals surface area contributed by atoms with Gasteiger partial charge in [0.1, 0.15) is 5.69 Å². The van der Waals surface area contributed by atoms with E-state index in [1.54, 1.807) is 19.2 Å². The van der Waals surface area contributed by atoms with Crippen molar-refractivity contribution in [1.82, 2.24) is 9.78 Å². The number of benzene rings is 2. The Hall–Kier alpha value is -2.45. The van der Waals surface area contributed by atoms with E-state index >= 15 is 0 Å². The van der Waals surface area contributed by atoms with Crippen molar-refractivity contribution in [3.05, 3.63) is 74.9 Å². The molecule has 0 aliphatic heterocycles. The number of carbonyl (C=O) groups excluding carboxylic acids is 2. The normalized spacial score (nSPS) is 10.4. The highest BCUT2D eigenvalue weighted by Gasteiger charge is 2.19. The molecule has 3 rings (SSSR count). The van der Waals surface area contributed by atoms with Gasteiger partial charge in [-0.25, -0.2) is 0 Å². The van der Waals surface area contributed by atoms with Crippen LogP contribution in [0.5, 0.6) is 0 Å². The summed E-state index contributed by atoms with van der Waals surface area (Å²) in [6.45, 7) is 0. The molecule has 3 aromatic rings. The number of hydrogen-bond donors (Lipinski definition) is 2. The van der Waals surface area contributed by atoms with Crippen LogP contribution >= 0.6 is 31.9 Å². The molecule has 0 aliphatic rings. The van der Waals surface area contributed by atoms with E-state index in [0.717, 1.165) is 8.95 Å². The predicted molar refractivity (Wildman–Crippen MR) is 107 cm³/mol. The van der Waals surface area contributed by atoms with Crippen LogP contribution in [0.1, 0.15) is 21.0 Å². The summed E-state index contributed by atoms with van der Waals surface area (Å²) in [6.07, 6.45) is 0. The monoisotopic (exact) mass is 476 g/mol. The fourth-order valence-corrected chi connectivity index (χ4v) is 3.06. The van der Waals surface area contributed by atoms with Gasteiger partial charge in [0.2, 0.25) is 0 Å². The van der Waals surface area contributed by atoms with Gasteiger partial charge in [0, 0.05) is 22.1 Å². The van der Waals surface area contributed by atoms with Gasteiger partial charge in [-0.15, -0.1) is 0 Å². The molecule has 26 heavy (non-hydrogen) atoms. The molecule has 8 heteroatoms. The second-order valence-corrected chi connectivity index (χ2v) is 7.12. The molecule has 0 aliphatic carbocycles. The topological polar surface area (TPSA) is 76.0 Å². The lowest BCUT2D eigenvalue weighted by Gasteiger charge is -2.06. The Balaban J connectivity index is 1.78. The van der Waals surface area contributed by atoms with Gasteiger partial charge in [-0.1, -0.05) is 24.3 Å². The molecular formula is C18H14Br2N4O2. The Kier molecular flexibility index (Phi) is 5.53. The number of aryl methyl sites for hydroxylation is 1. The maximum absolute atomic E-state index is 12.5. The van der Waals surface area contributed by atoms with Crippen LogP contribution in [0.25, 0.3) is 0 Å². The molecule has 2 aromatic carbocycles. The molecule has 2 amide bonds. The largest absolute Gasteiger partial charge is 0.320 e. The van der Waals surface area contributed by atoms with E-state index in [4.69, 9.17) is 0 Å². The molecule has 0 saturated heterocycles. The van der Waals surface area contributed by atoms with E-state index in [9.17, 15) is 9.59 Å². The van der Waals surface area contributed by atoms with Crippen molar-refractivity contribution in [2.45, 2.75) is 0 Å². The molecule has 0 spiro atoms. The standard InChI is InChI=1S/C18H14Br2N4O2/c1-24-16(18(26)22-14-9-5-3-7-12(14)20)10-15(23-24)17(25)21-13-8-4-2-6-11(13)19/h2-10H,1H3,(H,21,25)(H,22,26). The number of amides is 2. The Morgan fingerprint density at radius 3 is 1.92 bits per heavy atom. The maximum Gasteiger partial charge on any atom is 0.276 e. The van der Waals surface area contributed by atoms with Crippen molar-refractivity contribution >= 4 is 55.0 Å². The number of aromatic nitrogens is 2. The second kappa shape index (κ2) is 7.84. The predicted octanol–water partition coefficient (Wildman–Crippen LogP) is 4.45.